The molecule has 1 aromatic heterocycles. The van der Waals surface area contributed by atoms with Crippen LogP contribution < -0.4 is 5.32 Å². The van der Waals surface area contributed by atoms with Crippen molar-refractivity contribution in [2.45, 2.75) is 6.92 Å². The molecule has 0 aliphatic carbocycles. The summed E-state index contributed by atoms with van der Waals surface area (Å²) in [6.45, 7) is 3.01. The molecule has 2 aromatic rings. The first-order chi connectivity index (χ1) is 7.31. The van der Waals surface area contributed by atoms with Gasteiger partial charge in [0.1, 0.15) is 6.33 Å². The maximum absolute atomic E-state index is 4.05. The minimum absolute atomic E-state index is 0.887. The summed E-state index contributed by atoms with van der Waals surface area (Å²) in [7, 11) is 1.94. The van der Waals surface area contributed by atoms with Crippen molar-refractivity contribution in [2.75, 3.05) is 11.9 Å². The van der Waals surface area contributed by atoms with Crippen LogP contribution in [0.3, 0.4) is 0 Å². The minimum Gasteiger partial charge on any atom is -0.385 e. The summed E-state index contributed by atoms with van der Waals surface area (Å²) in [5.74, 6) is 0.887. The van der Waals surface area contributed by atoms with E-state index in [1.165, 1.54) is 0 Å². The molecule has 0 bridgehead atoms. The molecule has 0 unspecified atom stereocenters. The molecule has 0 amide bonds. The van der Waals surface area contributed by atoms with Crippen molar-refractivity contribution in [3.8, 4) is 11.4 Å². The number of benzene rings is 1. The normalized spacial score (nSPS) is 10.3. The van der Waals surface area contributed by atoms with Crippen LogP contribution in [0.5, 0.6) is 0 Å². The number of aryl methyl sites for hydroxylation is 1. The van der Waals surface area contributed by atoms with Gasteiger partial charge in [-0.1, -0.05) is 0 Å². The van der Waals surface area contributed by atoms with Crippen LogP contribution in [0.15, 0.2) is 30.6 Å². The predicted molar refractivity (Wildman–Crippen MR) is 60.6 cm³/mol. The van der Waals surface area contributed by atoms with Crippen LogP contribution in [-0.2, 0) is 7.05 Å². The molecule has 0 saturated carbocycles. The van der Waals surface area contributed by atoms with E-state index in [1.54, 1.807) is 6.33 Å². The third-order valence-corrected chi connectivity index (χ3v) is 2.24. The monoisotopic (exact) mass is 202 g/mol. The lowest BCUT2D eigenvalue weighted by Gasteiger charge is -2.04. The molecule has 0 saturated heterocycles. The molecule has 4 nitrogen and oxygen atoms in total. The third kappa shape index (κ3) is 1.98. The zero-order valence-electron chi connectivity index (χ0n) is 8.94. The van der Waals surface area contributed by atoms with Crippen molar-refractivity contribution in [1.82, 2.24) is 14.8 Å². The van der Waals surface area contributed by atoms with Crippen molar-refractivity contribution in [3.05, 3.63) is 30.6 Å². The fourth-order valence-corrected chi connectivity index (χ4v) is 1.49. The number of hydrogen-bond donors (Lipinski definition) is 1. The molecule has 0 aliphatic heterocycles. The summed E-state index contributed by atoms with van der Waals surface area (Å²) in [5, 5.41) is 11.2. The molecular formula is C11H14N4. The number of nitrogens with one attached hydrogen (secondary N) is 1. The predicted octanol–water partition coefficient (Wildman–Crippen LogP) is 1.91. The van der Waals surface area contributed by atoms with E-state index in [2.05, 4.69) is 22.4 Å². The van der Waals surface area contributed by atoms with Crippen molar-refractivity contribution >= 4 is 5.69 Å². The maximum Gasteiger partial charge on any atom is 0.163 e. The minimum atomic E-state index is 0.887. The van der Waals surface area contributed by atoms with Crippen LogP contribution in [0.2, 0.25) is 0 Å². The Labute approximate surface area is 89.0 Å². The quantitative estimate of drug-likeness (QED) is 0.826. The highest BCUT2D eigenvalue weighted by Crippen LogP contribution is 2.18. The van der Waals surface area contributed by atoms with Crippen molar-refractivity contribution in [1.29, 1.82) is 0 Å². The van der Waals surface area contributed by atoms with Gasteiger partial charge in [0.2, 0.25) is 0 Å². The molecule has 0 spiro atoms. The Hall–Kier alpha value is -1.84. The van der Waals surface area contributed by atoms with Crippen LogP contribution in [0.25, 0.3) is 11.4 Å². The average Bonchev–Trinajstić information content (AvgIpc) is 2.66. The first-order valence-corrected chi connectivity index (χ1v) is 4.99. The van der Waals surface area contributed by atoms with Crippen molar-refractivity contribution in [2.24, 2.45) is 7.05 Å². The van der Waals surface area contributed by atoms with E-state index >= 15 is 0 Å². The molecule has 0 atom stereocenters. The first-order valence-electron chi connectivity index (χ1n) is 4.99. The highest BCUT2D eigenvalue weighted by molar-refractivity contribution is 5.59. The Morgan fingerprint density at radius 2 is 2.00 bits per heavy atom. The van der Waals surface area contributed by atoms with Crippen molar-refractivity contribution in [3.63, 3.8) is 0 Å². The number of anilines is 1. The summed E-state index contributed by atoms with van der Waals surface area (Å²) < 4.78 is 1.91. The van der Waals surface area contributed by atoms with Gasteiger partial charge in [-0.3, -0.25) is 0 Å². The Kier molecular flexibility index (Phi) is 2.67. The van der Waals surface area contributed by atoms with E-state index in [0.29, 0.717) is 0 Å². The summed E-state index contributed by atoms with van der Waals surface area (Å²) in [6, 6.07) is 8.19. The lowest BCUT2D eigenvalue weighted by Crippen LogP contribution is -1.96. The highest BCUT2D eigenvalue weighted by Gasteiger charge is 2.03. The fourth-order valence-electron chi connectivity index (χ4n) is 1.49. The zero-order valence-corrected chi connectivity index (χ0v) is 8.94. The molecule has 1 heterocycles. The fraction of sp³-hybridized carbons (Fsp3) is 0.273. The molecule has 0 radical (unpaired) electrons. The number of aromatic nitrogens is 3. The Bertz CT molecular complexity index is 430. The lowest BCUT2D eigenvalue weighted by atomic mass is 10.2. The van der Waals surface area contributed by atoms with Crippen molar-refractivity contribution < 1.29 is 0 Å². The molecule has 0 fully saturated rings. The second-order valence-corrected chi connectivity index (χ2v) is 3.37. The molecule has 78 valence electrons. The Morgan fingerprint density at radius 1 is 1.27 bits per heavy atom. The Morgan fingerprint density at radius 3 is 2.53 bits per heavy atom. The van der Waals surface area contributed by atoms with E-state index in [4.69, 9.17) is 0 Å². The zero-order chi connectivity index (χ0) is 10.7. The molecular weight excluding hydrogens is 188 g/mol. The van der Waals surface area contributed by atoms with Gasteiger partial charge in [0.05, 0.1) is 0 Å². The van der Waals surface area contributed by atoms with E-state index in [1.807, 2.05) is 35.9 Å². The largest absolute Gasteiger partial charge is 0.385 e. The number of nitrogens with zero attached hydrogens (tertiary/aromatic N) is 3. The number of rotatable bonds is 3. The molecule has 2 rings (SSSR count). The number of hydrogen-bond acceptors (Lipinski definition) is 3. The van der Waals surface area contributed by atoms with Crippen LogP contribution in [-0.4, -0.2) is 21.3 Å². The van der Waals surface area contributed by atoms with Gasteiger partial charge in [-0.25, -0.2) is 0 Å². The topological polar surface area (TPSA) is 42.7 Å². The van der Waals surface area contributed by atoms with Gasteiger partial charge in [0, 0.05) is 24.8 Å². The molecule has 0 aliphatic rings. The van der Waals surface area contributed by atoms with Crippen LogP contribution in [0.1, 0.15) is 6.92 Å². The lowest BCUT2D eigenvalue weighted by molar-refractivity contribution is 0.920. The Balaban J connectivity index is 2.28. The van der Waals surface area contributed by atoms with Gasteiger partial charge in [-0.15, -0.1) is 10.2 Å². The summed E-state index contributed by atoms with van der Waals surface area (Å²) in [5.41, 5.74) is 2.21. The smallest absolute Gasteiger partial charge is 0.163 e. The second-order valence-electron chi connectivity index (χ2n) is 3.37. The average molecular weight is 202 g/mol. The molecule has 1 aromatic carbocycles. The van der Waals surface area contributed by atoms with E-state index < -0.39 is 0 Å². The summed E-state index contributed by atoms with van der Waals surface area (Å²) >= 11 is 0. The third-order valence-electron chi connectivity index (χ3n) is 2.24. The van der Waals surface area contributed by atoms with Gasteiger partial charge in [-0.2, -0.15) is 0 Å². The van der Waals surface area contributed by atoms with Gasteiger partial charge in [0.15, 0.2) is 5.82 Å². The van der Waals surface area contributed by atoms with E-state index in [0.717, 1.165) is 23.6 Å². The van der Waals surface area contributed by atoms with Crippen LogP contribution in [0, 0.1) is 0 Å². The van der Waals surface area contributed by atoms with Crippen LogP contribution in [0.4, 0.5) is 5.69 Å². The summed E-state index contributed by atoms with van der Waals surface area (Å²) in [4.78, 5) is 0. The maximum atomic E-state index is 4.05. The van der Waals surface area contributed by atoms with Gasteiger partial charge < -0.3 is 9.88 Å². The van der Waals surface area contributed by atoms with E-state index in [9.17, 15) is 0 Å². The van der Waals surface area contributed by atoms with Gasteiger partial charge >= 0.3 is 0 Å². The highest BCUT2D eigenvalue weighted by atomic mass is 15.2. The summed E-state index contributed by atoms with van der Waals surface area (Å²) in [6.07, 6.45) is 1.70. The van der Waals surface area contributed by atoms with Crippen LogP contribution >= 0.6 is 0 Å². The van der Waals surface area contributed by atoms with Gasteiger partial charge in [-0.05, 0) is 31.2 Å². The standard InChI is InChI=1S/C11H14N4/c1-3-12-10-6-4-9(5-7-10)11-14-13-8-15(11)2/h4-8,12H,3H2,1-2H3. The second kappa shape index (κ2) is 4.13. The van der Waals surface area contributed by atoms with E-state index in [-0.39, 0.29) is 0 Å². The van der Waals surface area contributed by atoms with Gasteiger partial charge in [0.25, 0.3) is 0 Å². The molecule has 1 N–H and O–H groups in total. The molecule has 4 heteroatoms. The first kappa shape index (κ1) is 9.71. The SMILES string of the molecule is CCNc1ccc(-c2nncn2C)cc1. The molecule has 15 heavy (non-hydrogen) atoms.